The maximum atomic E-state index is 12.1. The van der Waals surface area contributed by atoms with Crippen LogP contribution in [0, 0.1) is 0 Å². The van der Waals surface area contributed by atoms with Crippen molar-refractivity contribution in [3.8, 4) is 5.75 Å². The van der Waals surface area contributed by atoms with E-state index in [9.17, 15) is 9.59 Å². The van der Waals surface area contributed by atoms with Gasteiger partial charge in [0.1, 0.15) is 5.75 Å². The quantitative estimate of drug-likeness (QED) is 0.781. The van der Waals surface area contributed by atoms with Gasteiger partial charge >= 0.3 is 5.97 Å². The third-order valence-corrected chi connectivity index (χ3v) is 3.75. The molecule has 2 aromatic rings. The van der Waals surface area contributed by atoms with Gasteiger partial charge in [0.15, 0.2) is 6.61 Å². The van der Waals surface area contributed by atoms with Gasteiger partial charge in [-0.2, -0.15) is 0 Å². The van der Waals surface area contributed by atoms with E-state index < -0.39 is 17.9 Å². The largest absolute Gasteiger partial charge is 0.482 e. The molecule has 7 heteroatoms. The van der Waals surface area contributed by atoms with Gasteiger partial charge in [0, 0.05) is 5.02 Å². The van der Waals surface area contributed by atoms with Gasteiger partial charge in [-0.05, 0) is 29.8 Å². The van der Waals surface area contributed by atoms with Crippen LogP contribution in [0.2, 0.25) is 10.0 Å². The lowest BCUT2D eigenvalue weighted by molar-refractivity contribution is -0.137. The zero-order chi connectivity index (χ0) is 17.5. The molecule has 2 rings (SSSR count). The summed E-state index contributed by atoms with van der Waals surface area (Å²) < 4.78 is 5.35. The Bertz CT molecular complexity index is 719. The molecular weight excluding hydrogens is 353 g/mol. The summed E-state index contributed by atoms with van der Waals surface area (Å²) in [5, 5.41) is 12.6. The van der Waals surface area contributed by atoms with Gasteiger partial charge in [0.2, 0.25) is 0 Å². The average molecular weight is 368 g/mol. The van der Waals surface area contributed by atoms with Crippen LogP contribution in [-0.4, -0.2) is 23.6 Å². The lowest BCUT2D eigenvalue weighted by atomic mass is 10.0. The molecule has 0 spiro atoms. The molecule has 2 aromatic carbocycles. The molecule has 0 aliphatic carbocycles. The second-order valence-corrected chi connectivity index (χ2v) is 5.83. The summed E-state index contributed by atoms with van der Waals surface area (Å²) in [6, 6.07) is 12.7. The van der Waals surface area contributed by atoms with Gasteiger partial charge in [-0.1, -0.05) is 47.5 Å². The number of carbonyl (C=O) groups is 2. The maximum absolute atomic E-state index is 12.1. The molecule has 1 atom stereocenters. The molecule has 5 nitrogen and oxygen atoms in total. The van der Waals surface area contributed by atoms with Crippen molar-refractivity contribution in [2.24, 2.45) is 0 Å². The molecule has 0 saturated heterocycles. The van der Waals surface area contributed by atoms with Crippen LogP contribution in [-0.2, 0) is 9.59 Å². The topological polar surface area (TPSA) is 75.6 Å². The van der Waals surface area contributed by atoms with Crippen molar-refractivity contribution in [3.05, 3.63) is 64.1 Å². The van der Waals surface area contributed by atoms with Crippen molar-refractivity contribution < 1.29 is 19.4 Å². The highest BCUT2D eigenvalue weighted by Crippen LogP contribution is 2.23. The van der Waals surface area contributed by atoms with Gasteiger partial charge < -0.3 is 15.2 Å². The van der Waals surface area contributed by atoms with Gasteiger partial charge in [0.05, 0.1) is 17.5 Å². The Morgan fingerprint density at radius 1 is 1.08 bits per heavy atom. The lowest BCUT2D eigenvalue weighted by Gasteiger charge is -2.18. The van der Waals surface area contributed by atoms with Crippen LogP contribution in [0.15, 0.2) is 48.5 Å². The van der Waals surface area contributed by atoms with E-state index in [1.165, 1.54) is 0 Å². The molecule has 0 bridgehead atoms. The summed E-state index contributed by atoms with van der Waals surface area (Å²) >= 11 is 11.8. The Kier molecular flexibility index (Phi) is 6.46. The van der Waals surface area contributed by atoms with E-state index in [1.54, 1.807) is 48.5 Å². The number of rotatable bonds is 7. The minimum atomic E-state index is -1.03. The monoisotopic (exact) mass is 367 g/mol. The summed E-state index contributed by atoms with van der Waals surface area (Å²) in [7, 11) is 0. The van der Waals surface area contributed by atoms with Crippen LogP contribution in [0.4, 0.5) is 0 Å². The first-order valence-corrected chi connectivity index (χ1v) is 7.85. The van der Waals surface area contributed by atoms with Gasteiger partial charge in [0.25, 0.3) is 5.91 Å². The zero-order valence-electron chi connectivity index (χ0n) is 12.5. The van der Waals surface area contributed by atoms with Crippen molar-refractivity contribution in [2.75, 3.05) is 6.61 Å². The van der Waals surface area contributed by atoms with Crippen molar-refractivity contribution in [1.29, 1.82) is 0 Å². The highest BCUT2D eigenvalue weighted by atomic mass is 35.5. The normalized spacial score (nSPS) is 11.6. The van der Waals surface area contributed by atoms with Crippen LogP contribution in [0.25, 0.3) is 0 Å². The number of nitrogens with one attached hydrogen (secondary N) is 1. The summed E-state index contributed by atoms with van der Waals surface area (Å²) in [6.45, 7) is -0.270. The number of carbonyl (C=O) groups excluding carboxylic acids is 1. The molecular formula is C17H15Cl2NO4. The van der Waals surface area contributed by atoms with Crippen molar-refractivity contribution in [1.82, 2.24) is 5.32 Å². The van der Waals surface area contributed by atoms with E-state index in [1.807, 2.05) is 0 Å². The Hall–Kier alpha value is -2.24. The van der Waals surface area contributed by atoms with E-state index in [-0.39, 0.29) is 13.0 Å². The standard InChI is InChI=1S/C17H15Cl2NO4/c18-12-7-5-11(6-8-12)14(9-17(22)23)20-16(21)10-24-15-4-2-1-3-13(15)19/h1-8,14H,9-10H2,(H,20,21)(H,22,23)/t14-/m0/s1. The van der Waals surface area contributed by atoms with Crippen LogP contribution >= 0.6 is 23.2 Å². The van der Waals surface area contributed by atoms with E-state index in [2.05, 4.69) is 5.32 Å². The minimum Gasteiger partial charge on any atom is -0.482 e. The fourth-order valence-corrected chi connectivity index (χ4v) is 2.38. The molecule has 1 amide bonds. The highest BCUT2D eigenvalue weighted by Gasteiger charge is 2.18. The molecule has 0 radical (unpaired) electrons. The van der Waals surface area contributed by atoms with Crippen LogP contribution in [0.1, 0.15) is 18.0 Å². The smallest absolute Gasteiger partial charge is 0.305 e. The third kappa shape index (κ3) is 5.44. The van der Waals surface area contributed by atoms with Crippen LogP contribution < -0.4 is 10.1 Å². The Morgan fingerprint density at radius 3 is 2.38 bits per heavy atom. The molecule has 0 aliphatic heterocycles. The Labute approximate surface area is 149 Å². The summed E-state index contributed by atoms with van der Waals surface area (Å²) in [5.41, 5.74) is 0.646. The number of hydrogen-bond donors (Lipinski definition) is 2. The number of halogens is 2. The maximum Gasteiger partial charge on any atom is 0.305 e. The van der Waals surface area contributed by atoms with E-state index in [0.717, 1.165) is 0 Å². The minimum absolute atomic E-state index is 0.251. The number of amides is 1. The molecule has 0 heterocycles. The number of ether oxygens (including phenoxy) is 1. The number of carboxylic acids is 1. The second kappa shape index (κ2) is 8.57. The fourth-order valence-electron chi connectivity index (χ4n) is 2.06. The van der Waals surface area contributed by atoms with Crippen molar-refractivity contribution in [3.63, 3.8) is 0 Å². The van der Waals surface area contributed by atoms with Crippen LogP contribution in [0.3, 0.4) is 0 Å². The van der Waals surface area contributed by atoms with E-state index in [4.69, 9.17) is 33.0 Å². The molecule has 24 heavy (non-hydrogen) atoms. The predicted molar refractivity (Wildman–Crippen MR) is 91.5 cm³/mol. The number of para-hydroxylation sites is 1. The second-order valence-electron chi connectivity index (χ2n) is 4.99. The molecule has 0 aromatic heterocycles. The molecule has 0 saturated carbocycles. The SMILES string of the molecule is O=C(O)C[C@H](NC(=O)COc1ccccc1Cl)c1ccc(Cl)cc1. The van der Waals surface area contributed by atoms with Crippen LogP contribution in [0.5, 0.6) is 5.75 Å². The number of carboxylic acid groups (broad SMARTS) is 1. The number of benzene rings is 2. The average Bonchev–Trinajstić information content (AvgIpc) is 2.54. The van der Waals surface area contributed by atoms with Crippen molar-refractivity contribution in [2.45, 2.75) is 12.5 Å². The van der Waals surface area contributed by atoms with Gasteiger partial charge in [-0.15, -0.1) is 0 Å². The van der Waals surface area contributed by atoms with E-state index in [0.29, 0.717) is 21.4 Å². The first-order chi connectivity index (χ1) is 11.5. The summed E-state index contributed by atoms with van der Waals surface area (Å²) in [4.78, 5) is 23.1. The predicted octanol–water partition coefficient (Wildman–Crippen LogP) is 3.70. The van der Waals surface area contributed by atoms with Gasteiger partial charge in [-0.25, -0.2) is 0 Å². The zero-order valence-corrected chi connectivity index (χ0v) is 14.1. The first kappa shape index (κ1) is 18.1. The molecule has 0 unspecified atom stereocenters. The highest BCUT2D eigenvalue weighted by molar-refractivity contribution is 6.32. The summed E-state index contributed by atoms with van der Waals surface area (Å²) in [6.07, 6.45) is -0.251. The Morgan fingerprint density at radius 2 is 1.75 bits per heavy atom. The summed E-state index contributed by atoms with van der Waals surface area (Å²) in [5.74, 6) is -1.09. The number of hydrogen-bond acceptors (Lipinski definition) is 3. The first-order valence-electron chi connectivity index (χ1n) is 7.09. The molecule has 0 aliphatic rings. The fraction of sp³-hybridized carbons (Fsp3) is 0.176. The van der Waals surface area contributed by atoms with Crippen molar-refractivity contribution >= 4 is 35.1 Å². The lowest BCUT2D eigenvalue weighted by Crippen LogP contribution is -2.33. The third-order valence-electron chi connectivity index (χ3n) is 3.18. The molecule has 126 valence electrons. The Balaban J connectivity index is 2.00. The number of aliphatic carboxylic acids is 1. The molecule has 0 fully saturated rings. The van der Waals surface area contributed by atoms with E-state index >= 15 is 0 Å². The van der Waals surface area contributed by atoms with Gasteiger partial charge in [-0.3, -0.25) is 9.59 Å². The molecule has 2 N–H and O–H groups in total.